The minimum absolute atomic E-state index is 0.284. The molecule has 0 aromatic heterocycles. The summed E-state index contributed by atoms with van der Waals surface area (Å²) in [6, 6.07) is 9.94. The molecular formula is C16H22O4. The summed E-state index contributed by atoms with van der Waals surface area (Å²) in [5, 5.41) is 0. The molecule has 1 saturated heterocycles. The van der Waals surface area contributed by atoms with Crippen LogP contribution >= 0.6 is 0 Å². The third kappa shape index (κ3) is 2.72. The maximum absolute atomic E-state index is 12.0. The maximum Gasteiger partial charge on any atom is 0.341 e. The first-order valence-electron chi connectivity index (χ1n) is 7.07. The number of epoxide rings is 1. The zero-order chi connectivity index (χ0) is 14.6. The molecule has 1 aliphatic rings. The molecule has 1 aromatic carbocycles. The van der Waals surface area contributed by atoms with Gasteiger partial charge in [-0.25, -0.2) is 4.79 Å². The smallest absolute Gasteiger partial charge is 0.341 e. The molecule has 0 aliphatic carbocycles. The van der Waals surface area contributed by atoms with Gasteiger partial charge >= 0.3 is 5.97 Å². The molecule has 0 amide bonds. The predicted octanol–water partition coefficient (Wildman–Crippen LogP) is 2.70. The van der Waals surface area contributed by atoms with Crippen molar-refractivity contribution in [3.63, 3.8) is 0 Å². The Morgan fingerprint density at radius 1 is 1.25 bits per heavy atom. The van der Waals surface area contributed by atoms with E-state index >= 15 is 0 Å². The van der Waals surface area contributed by atoms with Gasteiger partial charge in [0.15, 0.2) is 5.60 Å². The van der Waals surface area contributed by atoms with Gasteiger partial charge in [-0.2, -0.15) is 0 Å². The molecule has 2 unspecified atom stereocenters. The van der Waals surface area contributed by atoms with Gasteiger partial charge < -0.3 is 14.2 Å². The van der Waals surface area contributed by atoms with Gasteiger partial charge in [-0.3, -0.25) is 0 Å². The van der Waals surface area contributed by atoms with Crippen LogP contribution in [0, 0.1) is 0 Å². The highest BCUT2D eigenvalue weighted by Gasteiger charge is 2.72. The minimum atomic E-state index is -0.834. The van der Waals surface area contributed by atoms with E-state index in [1.165, 1.54) is 0 Å². The number of carbonyl (C=O) groups excluding carboxylic acids is 1. The summed E-state index contributed by atoms with van der Waals surface area (Å²) < 4.78 is 16.5. The fourth-order valence-corrected chi connectivity index (χ4v) is 2.54. The lowest BCUT2D eigenvalue weighted by atomic mass is 9.92. The van der Waals surface area contributed by atoms with Gasteiger partial charge in [0.2, 0.25) is 0 Å². The van der Waals surface area contributed by atoms with E-state index in [-0.39, 0.29) is 5.97 Å². The van der Waals surface area contributed by atoms with Crippen LogP contribution in [-0.2, 0) is 25.6 Å². The van der Waals surface area contributed by atoms with Crippen LogP contribution < -0.4 is 0 Å². The monoisotopic (exact) mass is 278 g/mol. The lowest BCUT2D eigenvalue weighted by Crippen LogP contribution is -2.36. The molecular weight excluding hydrogens is 256 g/mol. The van der Waals surface area contributed by atoms with Crippen molar-refractivity contribution in [3.8, 4) is 0 Å². The first-order valence-corrected chi connectivity index (χ1v) is 7.07. The summed E-state index contributed by atoms with van der Waals surface area (Å²) in [5.74, 6) is -0.284. The number of carbonyl (C=O) groups is 1. The van der Waals surface area contributed by atoms with Gasteiger partial charge in [-0.15, -0.1) is 0 Å². The van der Waals surface area contributed by atoms with Crippen LogP contribution in [-0.4, -0.2) is 30.4 Å². The first-order chi connectivity index (χ1) is 9.58. The summed E-state index contributed by atoms with van der Waals surface area (Å²) in [7, 11) is 0. The zero-order valence-electron chi connectivity index (χ0n) is 12.3. The molecule has 4 nitrogen and oxygen atoms in total. The number of hydrogen-bond donors (Lipinski definition) is 0. The fourth-order valence-electron chi connectivity index (χ4n) is 2.54. The highest BCUT2D eigenvalue weighted by atomic mass is 16.7. The second-order valence-electron chi connectivity index (χ2n) is 5.21. The largest absolute Gasteiger partial charge is 0.464 e. The van der Waals surface area contributed by atoms with Crippen LogP contribution in [0.5, 0.6) is 0 Å². The summed E-state index contributed by atoms with van der Waals surface area (Å²) in [5.41, 5.74) is -0.308. The topological polar surface area (TPSA) is 48.1 Å². The molecule has 0 saturated carbocycles. The van der Waals surface area contributed by atoms with Crippen molar-refractivity contribution in [3.05, 3.63) is 35.9 Å². The minimum Gasteiger partial charge on any atom is -0.464 e. The van der Waals surface area contributed by atoms with Crippen molar-refractivity contribution >= 4 is 5.97 Å². The molecule has 0 spiro atoms. The zero-order valence-corrected chi connectivity index (χ0v) is 12.3. The Bertz CT molecular complexity index is 459. The van der Waals surface area contributed by atoms with Crippen molar-refractivity contribution < 1.29 is 19.0 Å². The molecule has 0 bridgehead atoms. The van der Waals surface area contributed by atoms with E-state index in [9.17, 15) is 4.79 Å². The highest BCUT2D eigenvalue weighted by molar-refractivity contribution is 5.84. The Labute approximate surface area is 120 Å². The molecule has 1 aromatic rings. The lowest BCUT2D eigenvalue weighted by molar-refractivity contribution is -0.149. The van der Waals surface area contributed by atoms with E-state index in [1.807, 2.05) is 44.2 Å². The predicted molar refractivity (Wildman–Crippen MR) is 75.2 cm³/mol. The Morgan fingerprint density at radius 2 is 1.95 bits per heavy atom. The second-order valence-corrected chi connectivity index (χ2v) is 5.21. The molecule has 0 N–H and O–H groups in total. The van der Waals surface area contributed by atoms with Crippen molar-refractivity contribution in [2.45, 2.75) is 45.0 Å². The van der Waals surface area contributed by atoms with Crippen molar-refractivity contribution in [1.29, 1.82) is 0 Å². The Balaban J connectivity index is 1.88. The fraction of sp³-hybridized carbons (Fsp3) is 0.562. The van der Waals surface area contributed by atoms with E-state index in [2.05, 4.69) is 0 Å². The summed E-state index contributed by atoms with van der Waals surface area (Å²) >= 11 is 0. The third-order valence-corrected chi connectivity index (χ3v) is 3.80. The van der Waals surface area contributed by atoms with Gasteiger partial charge in [0.05, 0.1) is 19.8 Å². The molecule has 1 fully saturated rings. The normalized spacial score (nSPS) is 28.1. The quantitative estimate of drug-likeness (QED) is 0.568. The third-order valence-electron chi connectivity index (χ3n) is 3.80. The molecule has 110 valence electrons. The number of esters is 1. The summed E-state index contributed by atoms with van der Waals surface area (Å²) in [6.07, 6.45) is 0.594. The molecule has 1 aliphatic heterocycles. The standard InChI is InChI=1S/C16H22O4/c1-4-16(14(17)19-5-2)15(3,20-16)12-18-11-13-9-7-6-8-10-13/h6-10H,4-5,11-12H2,1-3H3. The Morgan fingerprint density at radius 3 is 2.55 bits per heavy atom. The number of ether oxygens (including phenoxy) is 3. The average Bonchev–Trinajstić information content (AvgIpc) is 3.07. The van der Waals surface area contributed by atoms with E-state index < -0.39 is 11.2 Å². The molecule has 0 radical (unpaired) electrons. The van der Waals surface area contributed by atoms with Crippen molar-refractivity contribution in [2.75, 3.05) is 13.2 Å². The Hall–Kier alpha value is -1.39. The van der Waals surface area contributed by atoms with Gasteiger partial charge in [0, 0.05) is 0 Å². The second kappa shape index (κ2) is 5.94. The van der Waals surface area contributed by atoms with Gasteiger partial charge in [-0.05, 0) is 25.8 Å². The van der Waals surface area contributed by atoms with Crippen molar-refractivity contribution in [1.82, 2.24) is 0 Å². The molecule has 1 heterocycles. The highest BCUT2D eigenvalue weighted by Crippen LogP contribution is 2.51. The van der Waals surface area contributed by atoms with E-state index in [0.717, 1.165) is 5.56 Å². The number of hydrogen-bond acceptors (Lipinski definition) is 4. The van der Waals surface area contributed by atoms with E-state index in [0.29, 0.717) is 26.2 Å². The molecule has 4 heteroatoms. The lowest BCUT2D eigenvalue weighted by Gasteiger charge is -2.14. The van der Waals surface area contributed by atoms with Crippen LogP contribution in [0.25, 0.3) is 0 Å². The summed E-state index contributed by atoms with van der Waals surface area (Å²) in [6.45, 7) is 6.90. The molecule has 2 rings (SSSR count). The van der Waals surface area contributed by atoms with Crippen LogP contribution in [0.1, 0.15) is 32.8 Å². The average molecular weight is 278 g/mol. The Kier molecular flexibility index (Phi) is 4.45. The molecule has 2 atom stereocenters. The van der Waals surface area contributed by atoms with E-state index in [1.54, 1.807) is 6.92 Å². The van der Waals surface area contributed by atoms with Gasteiger partial charge in [0.25, 0.3) is 0 Å². The van der Waals surface area contributed by atoms with Crippen LogP contribution in [0.3, 0.4) is 0 Å². The van der Waals surface area contributed by atoms with Gasteiger partial charge in [0.1, 0.15) is 5.60 Å². The van der Waals surface area contributed by atoms with Gasteiger partial charge in [-0.1, -0.05) is 37.3 Å². The van der Waals surface area contributed by atoms with E-state index in [4.69, 9.17) is 14.2 Å². The SMILES string of the molecule is CCOC(=O)C1(CC)OC1(C)COCc1ccccc1. The first kappa shape index (κ1) is 15.0. The van der Waals surface area contributed by atoms with Crippen molar-refractivity contribution in [2.24, 2.45) is 0 Å². The number of benzene rings is 1. The summed E-state index contributed by atoms with van der Waals surface area (Å²) in [4.78, 5) is 12.0. The van der Waals surface area contributed by atoms with Crippen LogP contribution in [0.4, 0.5) is 0 Å². The van der Waals surface area contributed by atoms with Crippen LogP contribution in [0.2, 0.25) is 0 Å². The maximum atomic E-state index is 12.0. The molecule has 20 heavy (non-hydrogen) atoms. The number of rotatable bonds is 7. The van der Waals surface area contributed by atoms with Crippen LogP contribution in [0.15, 0.2) is 30.3 Å².